The van der Waals surface area contributed by atoms with E-state index in [0.29, 0.717) is 24.1 Å². The Kier molecular flexibility index (Phi) is 3.73. The van der Waals surface area contributed by atoms with Crippen LogP contribution in [0.1, 0.15) is 12.8 Å². The third-order valence-corrected chi connectivity index (χ3v) is 3.22. The van der Waals surface area contributed by atoms with Crippen molar-refractivity contribution in [1.82, 2.24) is 18.7 Å². The zero-order chi connectivity index (χ0) is 14.9. The highest BCUT2D eigenvalue weighted by molar-refractivity contribution is 5.70. The lowest BCUT2D eigenvalue weighted by Gasteiger charge is -2.06. The van der Waals surface area contributed by atoms with Crippen molar-refractivity contribution in [2.24, 2.45) is 14.1 Å². The van der Waals surface area contributed by atoms with Crippen molar-refractivity contribution in [1.29, 1.82) is 0 Å². The molecule has 0 aromatic carbocycles. The first-order chi connectivity index (χ1) is 9.47. The van der Waals surface area contributed by atoms with E-state index in [1.165, 1.54) is 25.1 Å². The van der Waals surface area contributed by atoms with Crippen LogP contribution in [-0.2, 0) is 30.2 Å². The molecule has 2 aromatic rings. The first-order valence-corrected chi connectivity index (χ1v) is 6.15. The van der Waals surface area contributed by atoms with E-state index in [2.05, 4.69) is 9.72 Å². The van der Waals surface area contributed by atoms with Gasteiger partial charge in [0.1, 0.15) is 0 Å². The SMILES string of the molecule is COC(=O)CCCn1cnc2c1c(=O)n(C)c(=O)n2C. The molecule has 2 heterocycles. The highest BCUT2D eigenvalue weighted by Crippen LogP contribution is 2.07. The summed E-state index contributed by atoms with van der Waals surface area (Å²) in [6.45, 7) is 0.457. The molecule has 0 aliphatic heterocycles. The van der Waals surface area contributed by atoms with Crippen LogP contribution in [0.5, 0.6) is 0 Å². The number of rotatable bonds is 4. The number of nitrogens with zero attached hydrogens (tertiary/aromatic N) is 4. The number of hydrogen-bond donors (Lipinski definition) is 0. The molecule has 0 atom stereocenters. The van der Waals surface area contributed by atoms with Gasteiger partial charge in [0.25, 0.3) is 5.56 Å². The molecule has 0 aliphatic rings. The van der Waals surface area contributed by atoms with E-state index in [1.807, 2.05) is 0 Å². The Hall–Kier alpha value is -2.38. The molecule has 0 radical (unpaired) electrons. The van der Waals surface area contributed by atoms with Gasteiger partial charge in [-0.1, -0.05) is 0 Å². The van der Waals surface area contributed by atoms with Gasteiger partial charge >= 0.3 is 11.7 Å². The molecule has 0 aliphatic carbocycles. The summed E-state index contributed by atoms with van der Waals surface area (Å²) >= 11 is 0. The summed E-state index contributed by atoms with van der Waals surface area (Å²) in [6, 6.07) is 0. The quantitative estimate of drug-likeness (QED) is 0.697. The van der Waals surface area contributed by atoms with E-state index < -0.39 is 11.2 Å². The van der Waals surface area contributed by atoms with Crippen molar-refractivity contribution in [2.45, 2.75) is 19.4 Å². The molecule has 0 amide bonds. The number of hydrogen-bond acceptors (Lipinski definition) is 5. The van der Waals surface area contributed by atoms with Crippen LogP contribution in [0.25, 0.3) is 11.2 Å². The lowest BCUT2D eigenvalue weighted by Crippen LogP contribution is -2.37. The van der Waals surface area contributed by atoms with E-state index in [1.54, 1.807) is 11.6 Å². The minimum atomic E-state index is -0.415. The lowest BCUT2D eigenvalue weighted by molar-refractivity contribution is -0.140. The fourth-order valence-electron chi connectivity index (χ4n) is 2.06. The zero-order valence-corrected chi connectivity index (χ0v) is 11.6. The maximum Gasteiger partial charge on any atom is 0.332 e. The summed E-state index contributed by atoms with van der Waals surface area (Å²) in [4.78, 5) is 39.1. The summed E-state index contributed by atoms with van der Waals surface area (Å²) in [5.41, 5.74) is -0.100. The van der Waals surface area contributed by atoms with Crippen molar-refractivity contribution < 1.29 is 9.53 Å². The predicted octanol–water partition coefficient (Wildman–Crippen LogP) is -0.613. The van der Waals surface area contributed by atoms with Crippen LogP contribution in [0.15, 0.2) is 15.9 Å². The van der Waals surface area contributed by atoms with Crippen LogP contribution < -0.4 is 11.2 Å². The molecule has 20 heavy (non-hydrogen) atoms. The molecule has 2 aromatic heterocycles. The topological polar surface area (TPSA) is 88.1 Å². The Morgan fingerprint density at radius 1 is 1.30 bits per heavy atom. The van der Waals surface area contributed by atoms with Gasteiger partial charge in [0.2, 0.25) is 0 Å². The molecule has 0 bridgehead atoms. The first kappa shape index (κ1) is 14.0. The maximum atomic E-state index is 12.1. The highest BCUT2D eigenvalue weighted by Gasteiger charge is 2.14. The number of esters is 1. The molecule has 8 nitrogen and oxygen atoms in total. The van der Waals surface area contributed by atoms with Gasteiger partial charge < -0.3 is 9.30 Å². The Morgan fingerprint density at radius 3 is 2.65 bits per heavy atom. The van der Waals surface area contributed by atoms with Crippen molar-refractivity contribution >= 4 is 17.1 Å². The summed E-state index contributed by atoms with van der Waals surface area (Å²) < 4.78 is 8.58. The first-order valence-electron chi connectivity index (χ1n) is 6.15. The molecule has 0 saturated heterocycles. The van der Waals surface area contributed by atoms with Crippen LogP contribution >= 0.6 is 0 Å². The molecule has 0 unspecified atom stereocenters. The van der Waals surface area contributed by atoms with Gasteiger partial charge in [0.15, 0.2) is 11.2 Å². The monoisotopic (exact) mass is 280 g/mol. The van der Waals surface area contributed by atoms with E-state index in [9.17, 15) is 14.4 Å². The summed E-state index contributed by atoms with van der Waals surface area (Å²) in [5.74, 6) is -0.297. The molecule has 0 N–H and O–H groups in total. The number of fused-ring (bicyclic) bond motifs is 1. The molecular formula is C12H16N4O4. The summed E-state index contributed by atoms with van der Waals surface area (Å²) in [6.07, 6.45) is 2.30. The second-order valence-electron chi connectivity index (χ2n) is 4.50. The lowest BCUT2D eigenvalue weighted by atomic mass is 10.3. The minimum absolute atomic E-state index is 0.266. The average molecular weight is 280 g/mol. The fourth-order valence-corrected chi connectivity index (χ4v) is 2.06. The predicted molar refractivity (Wildman–Crippen MR) is 71.5 cm³/mol. The van der Waals surface area contributed by atoms with Gasteiger partial charge in [0.05, 0.1) is 13.4 Å². The van der Waals surface area contributed by atoms with Gasteiger partial charge in [-0.2, -0.15) is 0 Å². The number of methoxy groups -OCH3 is 1. The Bertz CT molecular complexity index is 768. The van der Waals surface area contributed by atoms with E-state index in [-0.39, 0.29) is 12.4 Å². The standard InChI is InChI=1S/C12H16N4O4/c1-14-10-9(11(18)15(2)12(14)19)16(7-13-10)6-4-5-8(17)20-3/h7H,4-6H2,1-3H3. The van der Waals surface area contributed by atoms with Crippen molar-refractivity contribution in [2.75, 3.05) is 7.11 Å². The molecule has 8 heteroatoms. The molecule has 0 spiro atoms. The zero-order valence-electron chi connectivity index (χ0n) is 11.6. The second-order valence-corrected chi connectivity index (χ2v) is 4.50. The number of aryl methyl sites for hydroxylation is 2. The van der Waals surface area contributed by atoms with Gasteiger partial charge in [0, 0.05) is 27.1 Å². The largest absolute Gasteiger partial charge is 0.469 e. The third kappa shape index (κ3) is 2.24. The number of carbonyl (C=O) groups is 1. The van der Waals surface area contributed by atoms with E-state index >= 15 is 0 Å². The molecule has 108 valence electrons. The van der Waals surface area contributed by atoms with Crippen LogP contribution in [0.3, 0.4) is 0 Å². The minimum Gasteiger partial charge on any atom is -0.469 e. The van der Waals surface area contributed by atoms with Crippen molar-refractivity contribution in [3.05, 3.63) is 27.2 Å². The van der Waals surface area contributed by atoms with Crippen LogP contribution in [-0.4, -0.2) is 31.8 Å². The van der Waals surface area contributed by atoms with Crippen LogP contribution in [0, 0.1) is 0 Å². The van der Waals surface area contributed by atoms with Crippen LogP contribution in [0.2, 0.25) is 0 Å². The average Bonchev–Trinajstić information content (AvgIpc) is 2.86. The van der Waals surface area contributed by atoms with Crippen molar-refractivity contribution in [3.63, 3.8) is 0 Å². The van der Waals surface area contributed by atoms with Gasteiger partial charge in [-0.05, 0) is 6.42 Å². The summed E-state index contributed by atoms with van der Waals surface area (Å²) in [5, 5.41) is 0. The molecular weight excluding hydrogens is 264 g/mol. The second kappa shape index (κ2) is 5.32. The Morgan fingerprint density at radius 2 is 2.00 bits per heavy atom. The smallest absolute Gasteiger partial charge is 0.332 e. The maximum absolute atomic E-state index is 12.1. The number of ether oxygens (including phenoxy) is 1. The van der Waals surface area contributed by atoms with Gasteiger partial charge in [-0.25, -0.2) is 9.78 Å². The number of aromatic nitrogens is 4. The third-order valence-electron chi connectivity index (χ3n) is 3.22. The normalized spacial score (nSPS) is 10.9. The highest BCUT2D eigenvalue weighted by atomic mass is 16.5. The van der Waals surface area contributed by atoms with E-state index in [0.717, 1.165) is 4.57 Å². The number of carbonyl (C=O) groups excluding carboxylic acids is 1. The number of imidazole rings is 1. The van der Waals surface area contributed by atoms with Gasteiger partial charge in [-0.15, -0.1) is 0 Å². The fraction of sp³-hybridized carbons (Fsp3) is 0.500. The molecule has 0 saturated carbocycles. The Labute approximate surface area is 114 Å². The summed E-state index contributed by atoms with van der Waals surface area (Å²) in [7, 11) is 4.33. The Balaban J connectivity index is 2.40. The van der Waals surface area contributed by atoms with Crippen molar-refractivity contribution in [3.8, 4) is 0 Å². The molecule has 2 rings (SSSR count). The van der Waals surface area contributed by atoms with Crippen LogP contribution in [0.4, 0.5) is 0 Å². The molecule has 0 fully saturated rings. The van der Waals surface area contributed by atoms with E-state index in [4.69, 9.17) is 0 Å². The van der Waals surface area contributed by atoms with Gasteiger partial charge in [-0.3, -0.25) is 18.7 Å².